The van der Waals surface area contributed by atoms with Crippen molar-refractivity contribution in [2.45, 2.75) is 19.9 Å². The van der Waals surface area contributed by atoms with Crippen molar-refractivity contribution in [2.24, 2.45) is 5.92 Å². The number of fused-ring (bicyclic) bond motifs is 1. The van der Waals surface area contributed by atoms with E-state index < -0.39 is 29.4 Å². The molecule has 2 atom stereocenters. The van der Waals surface area contributed by atoms with Crippen LogP contribution < -0.4 is 9.64 Å². The molecule has 1 saturated heterocycles. The molecule has 1 fully saturated rings. The lowest BCUT2D eigenvalue weighted by Crippen LogP contribution is -2.30. The highest BCUT2D eigenvalue weighted by Crippen LogP contribution is 2.44. The van der Waals surface area contributed by atoms with Gasteiger partial charge in [-0.25, -0.2) is 4.98 Å². The highest BCUT2D eigenvalue weighted by Gasteiger charge is 2.53. The van der Waals surface area contributed by atoms with E-state index in [0.717, 1.165) is 4.70 Å². The lowest BCUT2D eigenvalue weighted by molar-refractivity contribution is -0.135. The number of benzene rings is 2. The minimum atomic E-state index is -1.23. The van der Waals surface area contributed by atoms with Gasteiger partial charge in [-0.15, -0.1) is 0 Å². The lowest BCUT2D eigenvalue weighted by atomic mass is 9.88. The van der Waals surface area contributed by atoms with Gasteiger partial charge in [-0.1, -0.05) is 41.7 Å². The first-order chi connectivity index (χ1) is 16.0. The third-order valence-corrected chi connectivity index (χ3v) is 6.60. The van der Waals surface area contributed by atoms with Gasteiger partial charge in [0.25, 0.3) is 5.91 Å². The number of ether oxygens (including phenoxy) is 1. The van der Waals surface area contributed by atoms with Crippen molar-refractivity contribution < 1.29 is 23.5 Å². The average Bonchev–Trinajstić information content (AvgIpc) is 3.50. The molecule has 33 heavy (non-hydrogen) atoms. The Hall–Kier alpha value is -3.78. The zero-order chi connectivity index (χ0) is 23.1. The van der Waals surface area contributed by atoms with Gasteiger partial charge in [0.2, 0.25) is 11.6 Å². The molecule has 0 aliphatic carbocycles. The number of carbonyl (C=O) groups is 3. The fraction of sp³-hybridized carbons (Fsp3) is 0.200. The Morgan fingerprint density at radius 2 is 1.91 bits per heavy atom. The van der Waals surface area contributed by atoms with Crippen molar-refractivity contribution in [3.05, 3.63) is 77.7 Å². The molecule has 2 unspecified atom stereocenters. The average molecular weight is 461 g/mol. The molecule has 2 aromatic carbocycles. The molecule has 1 amide bonds. The molecule has 1 aliphatic rings. The predicted molar refractivity (Wildman–Crippen MR) is 124 cm³/mol. The summed E-state index contributed by atoms with van der Waals surface area (Å²) < 4.78 is 11.9. The molecule has 0 saturated carbocycles. The Morgan fingerprint density at radius 1 is 1.12 bits per heavy atom. The smallest absolute Gasteiger partial charge is 0.297 e. The first-order valence-corrected chi connectivity index (χ1v) is 11.4. The van der Waals surface area contributed by atoms with Crippen molar-refractivity contribution >= 4 is 44.2 Å². The van der Waals surface area contributed by atoms with Crippen LogP contribution in [0.2, 0.25) is 0 Å². The van der Waals surface area contributed by atoms with E-state index in [9.17, 15) is 14.4 Å². The highest BCUT2D eigenvalue weighted by atomic mass is 32.1. The molecule has 7 nitrogen and oxygen atoms in total. The molecule has 0 spiro atoms. The Kier molecular flexibility index (Phi) is 5.30. The molecule has 8 heteroatoms. The summed E-state index contributed by atoms with van der Waals surface area (Å²) >= 11 is 1.28. The second kappa shape index (κ2) is 8.29. The van der Waals surface area contributed by atoms with E-state index in [1.807, 2.05) is 43.3 Å². The number of anilines is 1. The normalized spacial score (nSPS) is 18.3. The van der Waals surface area contributed by atoms with Crippen LogP contribution in [-0.4, -0.2) is 29.1 Å². The van der Waals surface area contributed by atoms with E-state index in [-0.39, 0.29) is 5.76 Å². The highest BCUT2D eigenvalue weighted by molar-refractivity contribution is 7.22. The number of nitrogens with zero attached hydrogens (tertiary/aromatic N) is 2. The maximum absolute atomic E-state index is 13.3. The van der Waals surface area contributed by atoms with E-state index in [1.54, 1.807) is 25.1 Å². The van der Waals surface area contributed by atoms with Crippen molar-refractivity contribution in [3.63, 3.8) is 0 Å². The third kappa shape index (κ3) is 3.62. The summed E-state index contributed by atoms with van der Waals surface area (Å²) in [6.07, 6.45) is 0. The zero-order valence-electron chi connectivity index (χ0n) is 18.0. The van der Waals surface area contributed by atoms with Crippen molar-refractivity contribution in [3.8, 4) is 5.75 Å². The first-order valence-electron chi connectivity index (χ1n) is 10.5. The molecule has 2 aromatic heterocycles. The van der Waals surface area contributed by atoms with E-state index >= 15 is 0 Å². The number of rotatable bonds is 6. The number of thiazole rings is 1. The Bertz CT molecular complexity index is 1370. The molecule has 4 aromatic rings. The van der Waals surface area contributed by atoms with Crippen LogP contribution in [0.4, 0.5) is 5.13 Å². The molecule has 0 bridgehead atoms. The summed E-state index contributed by atoms with van der Waals surface area (Å²) in [5, 5.41) is 0.358. The quantitative estimate of drug-likeness (QED) is 0.234. The van der Waals surface area contributed by atoms with Gasteiger partial charge in [-0.2, -0.15) is 0 Å². The van der Waals surface area contributed by atoms with Gasteiger partial charge < -0.3 is 9.15 Å². The first kappa shape index (κ1) is 21.1. The minimum absolute atomic E-state index is 0.0621. The van der Waals surface area contributed by atoms with E-state index in [4.69, 9.17) is 9.15 Å². The summed E-state index contributed by atoms with van der Waals surface area (Å²) in [7, 11) is 0. The molecule has 0 radical (unpaired) electrons. The monoisotopic (exact) mass is 460 g/mol. The second-order valence-electron chi connectivity index (χ2n) is 7.71. The number of amides is 1. The molecule has 3 heterocycles. The summed E-state index contributed by atoms with van der Waals surface area (Å²) in [5.74, 6) is -1.95. The van der Waals surface area contributed by atoms with Crippen LogP contribution in [0.5, 0.6) is 5.75 Å². The number of aromatic nitrogens is 1. The van der Waals surface area contributed by atoms with Crippen molar-refractivity contribution in [2.75, 3.05) is 11.5 Å². The molecule has 5 rings (SSSR count). The van der Waals surface area contributed by atoms with Crippen molar-refractivity contribution in [1.82, 2.24) is 4.98 Å². The summed E-state index contributed by atoms with van der Waals surface area (Å²) in [5.41, 5.74) is 1.36. The standard InChI is InChI=1S/C25H20N2O5S/c1-3-31-16-10-11-17-19(13-16)33-25(26-17)27-21(15-7-5-4-6-8-15)20(23(29)24(27)30)22(28)18-12-9-14(2)32-18/h4-13,20-21H,3H2,1-2H3. The topological polar surface area (TPSA) is 89.7 Å². The van der Waals surface area contributed by atoms with Gasteiger partial charge in [-0.05, 0) is 49.7 Å². The van der Waals surface area contributed by atoms with Crippen LogP contribution in [0.15, 0.2) is 65.1 Å². The number of furan rings is 1. The lowest BCUT2D eigenvalue weighted by Gasteiger charge is -2.24. The third-order valence-electron chi connectivity index (χ3n) is 5.58. The number of hydrogen-bond acceptors (Lipinski definition) is 7. The van der Waals surface area contributed by atoms with Gasteiger partial charge in [0.15, 0.2) is 10.9 Å². The molecular weight excluding hydrogens is 440 g/mol. The van der Waals surface area contributed by atoms with Gasteiger partial charge in [-0.3, -0.25) is 19.3 Å². The number of Topliss-reactive ketones (excluding diaryl/α,β-unsaturated/α-hetero) is 2. The van der Waals surface area contributed by atoms with Gasteiger partial charge in [0, 0.05) is 0 Å². The summed E-state index contributed by atoms with van der Waals surface area (Å²) in [4.78, 5) is 45.7. The van der Waals surface area contributed by atoms with Gasteiger partial charge in [0.1, 0.15) is 17.4 Å². The molecule has 166 valence electrons. The molecule has 1 aliphatic heterocycles. The Morgan fingerprint density at radius 3 is 2.61 bits per heavy atom. The maximum Gasteiger partial charge on any atom is 0.297 e. The van der Waals surface area contributed by atoms with Crippen LogP contribution in [-0.2, 0) is 9.59 Å². The van der Waals surface area contributed by atoms with Crippen LogP contribution in [0.1, 0.15) is 34.8 Å². The zero-order valence-corrected chi connectivity index (χ0v) is 18.8. The summed E-state index contributed by atoms with van der Waals surface area (Å²) in [6.45, 7) is 4.15. The van der Waals surface area contributed by atoms with E-state index in [2.05, 4.69) is 4.98 Å². The van der Waals surface area contributed by atoms with Crippen LogP contribution in [0, 0.1) is 12.8 Å². The largest absolute Gasteiger partial charge is 0.494 e. The van der Waals surface area contributed by atoms with Crippen LogP contribution >= 0.6 is 11.3 Å². The Labute approximate surface area is 193 Å². The maximum atomic E-state index is 13.3. The number of aryl methyl sites for hydroxylation is 1. The fourth-order valence-corrected chi connectivity index (χ4v) is 5.13. The van der Waals surface area contributed by atoms with Gasteiger partial charge in [0.05, 0.1) is 22.9 Å². The molecule has 0 N–H and O–H groups in total. The van der Waals surface area contributed by atoms with Crippen LogP contribution in [0.25, 0.3) is 10.2 Å². The van der Waals surface area contributed by atoms with Crippen molar-refractivity contribution in [1.29, 1.82) is 0 Å². The second-order valence-corrected chi connectivity index (χ2v) is 8.72. The summed E-state index contributed by atoms with van der Waals surface area (Å²) in [6, 6.07) is 16.9. The molecular formula is C25H20N2O5S. The van der Waals surface area contributed by atoms with E-state index in [1.165, 1.54) is 22.3 Å². The van der Waals surface area contributed by atoms with E-state index in [0.29, 0.717) is 34.3 Å². The number of hydrogen-bond donors (Lipinski definition) is 0. The minimum Gasteiger partial charge on any atom is -0.494 e. The number of carbonyl (C=O) groups excluding carboxylic acids is 3. The number of ketones is 2. The predicted octanol–water partition coefficient (Wildman–Crippen LogP) is 4.75. The van der Waals surface area contributed by atoms with Crippen LogP contribution in [0.3, 0.4) is 0 Å². The Balaban J connectivity index is 1.62. The van der Waals surface area contributed by atoms with Gasteiger partial charge >= 0.3 is 0 Å². The SMILES string of the molecule is CCOc1ccc2nc(N3C(=O)C(=O)C(C(=O)c4ccc(C)o4)C3c3ccccc3)sc2c1. The fourth-order valence-electron chi connectivity index (χ4n) is 4.10.